The first-order chi connectivity index (χ1) is 9.61. The fourth-order valence-electron chi connectivity index (χ4n) is 3.23. The van der Waals surface area contributed by atoms with Gasteiger partial charge in [-0.3, -0.25) is 9.69 Å². The van der Waals surface area contributed by atoms with Crippen LogP contribution in [0.3, 0.4) is 0 Å². The van der Waals surface area contributed by atoms with E-state index in [1.54, 1.807) is 0 Å². The van der Waals surface area contributed by atoms with Crippen molar-refractivity contribution in [2.24, 2.45) is 5.92 Å². The zero-order valence-electron chi connectivity index (χ0n) is 12.8. The molecule has 0 aromatic rings. The van der Waals surface area contributed by atoms with E-state index in [0.717, 1.165) is 39.1 Å². The van der Waals surface area contributed by atoms with Crippen LogP contribution in [0.1, 0.15) is 33.1 Å². The topological polar surface area (TPSA) is 53.0 Å². The van der Waals surface area contributed by atoms with Gasteiger partial charge in [-0.15, -0.1) is 0 Å². The summed E-state index contributed by atoms with van der Waals surface area (Å²) in [5.41, 5.74) is 0. The Morgan fingerprint density at radius 1 is 1.30 bits per heavy atom. The van der Waals surface area contributed by atoms with E-state index in [2.05, 4.69) is 18.7 Å². The minimum absolute atomic E-state index is 0.131. The summed E-state index contributed by atoms with van der Waals surface area (Å²) < 4.78 is 5.43. The Morgan fingerprint density at radius 2 is 2.00 bits per heavy atom. The van der Waals surface area contributed by atoms with E-state index in [4.69, 9.17) is 4.74 Å². The minimum Gasteiger partial charge on any atom is -0.395 e. The lowest BCUT2D eigenvalue weighted by molar-refractivity contribution is -0.134. The first kappa shape index (κ1) is 15.7. The number of likely N-dealkylation sites (tertiary alicyclic amines) is 1. The predicted molar refractivity (Wildman–Crippen MR) is 77.5 cm³/mol. The molecule has 2 rings (SSSR count). The smallest absolute Gasteiger partial charge is 0.222 e. The molecule has 1 atom stereocenters. The average molecular weight is 284 g/mol. The van der Waals surface area contributed by atoms with Crippen molar-refractivity contribution in [1.29, 1.82) is 0 Å². The molecule has 1 unspecified atom stereocenters. The van der Waals surface area contributed by atoms with Gasteiger partial charge in [-0.1, -0.05) is 13.8 Å². The van der Waals surface area contributed by atoms with Crippen molar-refractivity contribution in [1.82, 2.24) is 9.80 Å². The van der Waals surface area contributed by atoms with Crippen molar-refractivity contribution in [2.45, 2.75) is 45.2 Å². The number of carbonyl (C=O) groups is 1. The molecule has 116 valence electrons. The van der Waals surface area contributed by atoms with Crippen LogP contribution in [0.4, 0.5) is 0 Å². The molecule has 1 N–H and O–H groups in total. The lowest BCUT2D eigenvalue weighted by atomic mass is 9.99. The Labute approximate surface area is 121 Å². The number of hydrogen-bond acceptors (Lipinski definition) is 4. The van der Waals surface area contributed by atoms with Crippen molar-refractivity contribution in [3.63, 3.8) is 0 Å². The molecule has 0 spiro atoms. The van der Waals surface area contributed by atoms with Crippen LogP contribution in [0, 0.1) is 5.92 Å². The number of amides is 1. The molecule has 0 saturated carbocycles. The maximum atomic E-state index is 12.1. The van der Waals surface area contributed by atoms with Gasteiger partial charge in [-0.2, -0.15) is 0 Å². The second kappa shape index (κ2) is 7.38. The first-order valence-electron chi connectivity index (χ1n) is 7.84. The highest BCUT2D eigenvalue weighted by atomic mass is 16.5. The summed E-state index contributed by atoms with van der Waals surface area (Å²) in [6.07, 6.45) is 2.68. The van der Waals surface area contributed by atoms with Crippen LogP contribution in [-0.2, 0) is 9.53 Å². The summed E-state index contributed by atoms with van der Waals surface area (Å²) in [6, 6.07) is 0.616. The molecule has 0 aromatic heterocycles. The molecule has 2 fully saturated rings. The predicted octanol–water partition coefficient (Wildman–Crippen LogP) is 0.717. The van der Waals surface area contributed by atoms with Crippen molar-refractivity contribution in [3.8, 4) is 0 Å². The van der Waals surface area contributed by atoms with Gasteiger partial charge in [0.15, 0.2) is 0 Å². The monoisotopic (exact) mass is 284 g/mol. The number of ether oxygens (including phenoxy) is 1. The van der Waals surface area contributed by atoms with Crippen molar-refractivity contribution in [2.75, 3.05) is 39.5 Å². The SMILES string of the molecule is CC(C)CC(=O)N1CCC(N2CCOCC2CO)CC1. The van der Waals surface area contributed by atoms with Crippen molar-refractivity contribution >= 4 is 5.91 Å². The van der Waals surface area contributed by atoms with Gasteiger partial charge in [-0.05, 0) is 18.8 Å². The summed E-state index contributed by atoms with van der Waals surface area (Å²) in [5.74, 6) is 0.720. The van der Waals surface area contributed by atoms with Crippen LogP contribution in [0.5, 0.6) is 0 Å². The van der Waals surface area contributed by atoms with Gasteiger partial charge >= 0.3 is 0 Å². The maximum Gasteiger partial charge on any atom is 0.222 e. The Kier molecular flexibility index (Phi) is 5.81. The zero-order chi connectivity index (χ0) is 14.5. The molecule has 2 saturated heterocycles. The van der Waals surface area contributed by atoms with Crippen LogP contribution in [0.25, 0.3) is 0 Å². The highest BCUT2D eigenvalue weighted by molar-refractivity contribution is 5.76. The molecule has 2 heterocycles. The standard InChI is InChI=1S/C15H28N2O3/c1-12(2)9-15(19)16-5-3-13(4-6-16)17-7-8-20-11-14(17)10-18/h12-14,18H,3-11H2,1-2H3. The summed E-state index contributed by atoms with van der Waals surface area (Å²) in [7, 11) is 0. The van der Waals surface area contributed by atoms with Crippen LogP contribution in [0.15, 0.2) is 0 Å². The zero-order valence-corrected chi connectivity index (χ0v) is 12.8. The molecule has 1 amide bonds. The van der Waals surface area contributed by atoms with Gasteiger partial charge in [0.1, 0.15) is 0 Å². The molecular weight excluding hydrogens is 256 g/mol. The lowest BCUT2D eigenvalue weighted by Gasteiger charge is -2.44. The van der Waals surface area contributed by atoms with Crippen LogP contribution < -0.4 is 0 Å². The number of carbonyl (C=O) groups excluding carboxylic acids is 1. The van der Waals surface area contributed by atoms with Crippen LogP contribution in [0.2, 0.25) is 0 Å². The third-order valence-corrected chi connectivity index (χ3v) is 4.35. The molecule has 20 heavy (non-hydrogen) atoms. The van der Waals surface area contributed by atoms with Gasteiger partial charge in [0, 0.05) is 32.1 Å². The molecule has 0 bridgehead atoms. The van der Waals surface area contributed by atoms with Crippen molar-refractivity contribution in [3.05, 3.63) is 0 Å². The fourth-order valence-corrected chi connectivity index (χ4v) is 3.23. The van der Waals surface area contributed by atoms with E-state index >= 15 is 0 Å². The molecule has 2 aliphatic heterocycles. The lowest BCUT2D eigenvalue weighted by Crippen LogP contribution is -2.55. The first-order valence-corrected chi connectivity index (χ1v) is 7.84. The van der Waals surface area contributed by atoms with Gasteiger partial charge in [0.2, 0.25) is 5.91 Å². The highest BCUT2D eigenvalue weighted by Gasteiger charge is 2.32. The number of morpholine rings is 1. The molecule has 0 aromatic carbocycles. The molecule has 5 nitrogen and oxygen atoms in total. The van der Waals surface area contributed by atoms with E-state index in [1.807, 2.05) is 4.90 Å². The third kappa shape index (κ3) is 3.93. The summed E-state index contributed by atoms with van der Waals surface area (Å²) >= 11 is 0. The number of piperidine rings is 1. The van der Waals surface area contributed by atoms with E-state index < -0.39 is 0 Å². The second-order valence-corrected chi connectivity index (χ2v) is 6.36. The summed E-state index contributed by atoms with van der Waals surface area (Å²) in [4.78, 5) is 16.5. The summed E-state index contributed by atoms with van der Waals surface area (Å²) in [6.45, 7) is 8.32. The van der Waals surface area contributed by atoms with Crippen LogP contribution in [-0.4, -0.2) is 72.4 Å². The van der Waals surface area contributed by atoms with E-state index in [-0.39, 0.29) is 12.6 Å². The number of rotatable bonds is 4. The average Bonchev–Trinajstić information content (AvgIpc) is 2.46. The van der Waals surface area contributed by atoms with Gasteiger partial charge in [0.25, 0.3) is 0 Å². The highest BCUT2D eigenvalue weighted by Crippen LogP contribution is 2.21. The Hall–Kier alpha value is -0.650. The molecule has 2 aliphatic rings. The Bertz CT molecular complexity index is 314. The normalized spacial score (nSPS) is 26.2. The Balaban J connectivity index is 1.82. The number of aliphatic hydroxyl groups is 1. The number of nitrogens with zero attached hydrogens (tertiary/aromatic N) is 2. The number of hydrogen-bond donors (Lipinski definition) is 1. The van der Waals surface area contributed by atoms with Gasteiger partial charge in [0.05, 0.1) is 25.9 Å². The largest absolute Gasteiger partial charge is 0.395 e. The molecule has 0 radical (unpaired) electrons. The molecule has 0 aliphatic carbocycles. The number of aliphatic hydroxyl groups excluding tert-OH is 1. The molecule has 5 heteroatoms. The fraction of sp³-hybridized carbons (Fsp3) is 0.933. The van der Waals surface area contributed by atoms with E-state index in [9.17, 15) is 9.90 Å². The van der Waals surface area contributed by atoms with Gasteiger partial charge in [-0.25, -0.2) is 0 Å². The van der Waals surface area contributed by atoms with Crippen molar-refractivity contribution < 1.29 is 14.6 Å². The third-order valence-electron chi connectivity index (χ3n) is 4.35. The minimum atomic E-state index is 0.131. The maximum absolute atomic E-state index is 12.1. The van der Waals surface area contributed by atoms with Gasteiger partial charge < -0.3 is 14.7 Å². The quantitative estimate of drug-likeness (QED) is 0.826. The van der Waals surface area contributed by atoms with E-state index in [1.165, 1.54) is 0 Å². The second-order valence-electron chi connectivity index (χ2n) is 6.36. The van der Waals surface area contributed by atoms with Crippen LogP contribution >= 0.6 is 0 Å². The summed E-state index contributed by atoms with van der Waals surface area (Å²) in [5, 5.41) is 9.45. The Morgan fingerprint density at radius 3 is 2.60 bits per heavy atom. The van der Waals surface area contributed by atoms with E-state index in [0.29, 0.717) is 30.9 Å². The molecular formula is C15H28N2O3.